The number of urea groups is 1. The fourth-order valence-electron chi connectivity index (χ4n) is 2.61. The number of carbonyl (C=O) groups is 2. The molecule has 3 rings (SSSR count). The summed E-state index contributed by atoms with van der Waals surface area (Å²) < 4.78 is 13.0. The molecule has 1 saturated carbocycles. The molecule has 6 heteroatoms. The van der Waals surface area contributed by atoms with E-state index in [1.807, 2.05) is 31.2 Å². The summed E-state index contributed by atoms with van der Waals surface area (Å²) in [5, 5.41) is 8.50. The third-order valence-electron chi connectivity index (χ3n) is 4.31. The monoisotopic (exact) mass is 355 g/mol. The molecule has 0 aromatic heterocycles. The molecule has 0 aliphatic heterocycles. The summed E-state index contributed by atoms with van der Waals surface area (Å²) in [5.41, 5.74) is 2.45. The van der Waals surface area contributed by atoms with Crippen molar-refractivity contribution in [3.05, 3.63) is 65.5 Å². The van der Waals surface area contributed by atoms with Crippen LogP contribution in [0.4, 0.5) is 14.9 Å². The molecule has 5 nitrogen and oxygen atoms in total. The van der Waals surface area contributed by atoms with Crippen LogP contribution in [-0.2, 0) is 11.3 Å². The van der Waals surface area contributed by atoms with E-state index in [0.29, 0.717) is 6.54 Å². The second kappa shape index (κ2) is 7.99. The van der Waals surface area contributed by atoms with Crippen molar-refractivity contribution in [2.75, 3.05) is 5.32 Å². The normalized spacial score (nSPS) is 14.4. The van der Waals surface area contributed by atoms with Gasteiger partial charge in [0.05, 0.1) is 6.04 Å². The first kappa shape index (κ1) is 17.9. The first-order chi connectivity index (χ1) is 12.5. The van der Waals surface area contributed by atoms with Crippen molar-refractivity contribution >= 4 is 17.6 Å². The number of hydrogen-bond donors (Lipinski definition) is 3. The first-order valence-corrected chi connectivity index (χ1v) is 8.71. The third kappa shape index (κ3) is 5.05. The van der Waals surface area contributed by atoms with E-state index in [0.717, 1.165) is 29.7 Å². The van der Waals surface area contributed by atoms with Crippen LogP contribution in [0.15, 0.2) is 48.5 Å². The van der Waals surface area contributed by atoms with Crippen molar-refractivity contribution in [3.63, 3.8) is 0 Å². The van der Waals surface area contributed by atoms with Gasteiger partial charge in [-0.1, -0.05) is 24.3 Å². The predicted octanol–water partition coefficient (Wildman–Crippen LogP) is 3.73. The first-order valence-electron chi connectivity index (χ1n) is 8.71. The molecule has 1 fully saturated rings. The molecule has 3 N–H and O–H groups in total. The maximum atomic E-state index is 13.0. The number of halogens is 1. The number of hydrogen-bond acceptors (Lipinski definition) is 2. The summed E-state index contributed by atoms with van der Waals surface area (Å²) in [6.07, 6.45) is 1.92. The molecule has 136 valence electrons. The van der Waals surface area contributed by atoms with Crippen LogP contribution in [0.25, 0.3) is 0 Å². The van der Waals surface area contributed by atoms with Crippen LogP contribution in [0, 0.1) is 11.7 Å². The van der Waals surface area contributed by atoms with E-state index in [1.165, 1.54) is 12.1 Å². The number of carbonyl (C=O) groups excluding carboxylic acids is 2. The van der Waals surface area contributed by atoms with Gasteiger partial charge in [0.25, 0.3) is 0 Å². The minimum Gasteiger partial charge on any atom is -0.334 e. The molecule has 0 radical (unpaired) electrons. The summed E-state index contributed by atoms with van der Waals surface area (Å²) in [6, 6.07) is 12.9. The summed E-state index contributed by atoms with van der Waals surface area (Å²) in [4.78, 5) is 23.9. The lowest BCUT2D eigenvalue weighted by Gasteiger charge is -2.15. The lowest BCUT2D eigenvalue weighted by molar-refractivity contribution is -0.117. The zero-order chi connectivity index (χ0) is 18.5. The van der Waals surface area contributed by atoms with Gasteiger partial charge >= 0.3 is 6.03 Å². The van der Waals surface area contributed by atoms with Crippen LogP contribution >= 0.6 is 0 Å². The van der Waals surface area contributed by atoms with Gasteiger partial charge in [0.1, 0.15) is 5.82 Å². The van der Waals surface area contributed by atoms with E-state index in [1.54, 1.807) is 12.1 Å². The maximum Gasteiger partial charge on any atom is 0.315 e. The molecule has 0 unspecified atom stereocenters. The van der Waals surface area contributed by atoms with Crippen molar-refractivity contribution in [2.24, 2.45) is 5.92 Å². The van der Waals surface area contributed by atoms with Crippen LogP contribution in [0.5, 0.6) is 0 Å². The van der Waals surface area contributed by atoms with Gasteiger partial charge in [0, 0.05) is 18.2 Å². The van der Waals surface area contributed by atoms with E-state index in [2.05, 4.69) is 16.0 Å². The molecular formula is C20H22FN3O2. The zero-order valence-electron chi connectivity index (χ0n) is 14.6. The minimum atomic E-state index is -0.311. The highest BCUT2D eigenvalue weighted by Gasteiger charge is 2.29. The molecule has 3 amide bonds. The topological polar surface area (TPSA) is 70.2 Å². The lowest BCUT2D eigenvalue weighted by Crippen LogP contribution is -2.36. The Morgan fingerprint density at radius 1 is 1.15 bits per heavy atom. The van der Waals surface area contributed by atoms with Crippen molar-refractivity contribution in [2.45, 2.75) is 32.4 Å². The Labute approximate surface area is 152 Å². The highest BCUT2D eigenvalue weighted by Crippen LogP contribution is 2.30. The summed E-state index contributed by atoms with van der Waals surface area (Å²) in [5.74, 6) is -0.101. The van der Waals surface area contributed by atoms with Crippen molar-refractivity contribution < 1.29 is 14.0 Å². The quantitative estimate of drug-likeness (QED) is 0.739. The van der Waals surface area contributed by atoms with Gasteiger partial charge in [-0.05, 0) is 55.2 Å². The Bertz CT molecular complexity index is 788. The second-order valence-electron chi connectivity index (χ2n) is 6.56. The Balaban J connectivity index is 1.49. The average molecular weight is 355 g/mol. The molecule has 2 aromatic carbocycles. The smallest absolute Gasteiger partial charge is 0.315 e. The van der Waals surface area contributed by atoms with Gasteiger partial charge < -0.3 is 16.0 Å². The van der Waals surface area contributed by atoms with E-state index >= 15 is 0 Å². The number of amides is 3. The molecule has 26 heavy (non-hydrogen) atoms. The Morgan fingerprint density at radius 3 is 2.58 bits per heavy atom. The van der Waals surface area contributed by atoms with Crippen LogP contribution in [0.3, 0.4) is 0 Å². The van der Waals surface area contributed by atoms with E-state index in [-0.39, 0.29) is 29.7 Å². The molecule has 0 heterocycles. The van der Waals surface area contributed by atoms with Crippen LogP contribution < -0.4 is 16.0 Å². The van der Waals surface area contributed by atoms with Gasteiger partial charge in [-0.25, -0.2) is 9.18 Å². The van der Waals surface area contributed by atoms with Crippen molar-refractivity contribution in [1.82, 2.24) is 10.6 Å². The number of anilines is 1. The van der Waals surface area contributed by atoms with E-state index in [9.17, 15) is 14.0 Å². The number of benzene rings is 2. The third-order valence-corrected chi connectivity index (χ3v) is 4.31. The fourth-order valence-corrected chi connectivity index (χ4v) is 2.61. The molecule has 1 aliphatic rings. The second-order valence-corrected chi connectivity index (χ2v) is 6.56. The van der Waals surface area contributed by atoms with Crippen molar-refractivity contribution in [3.8, 4) is 0 Å². The molecule has 0 bridgehead atoms. The molecular weight excluding hydrogens is 333 g/mol. The molecule has 1 aliphatic carbocycles. The lowest BCUT2D eigenvalue weighted by atomic mass is 10.1. The Morgan fingerprint density at radius 2 is 1.88 bits per heavy atom. The molecule has 0 spiro atoms. The van der Waals surface area contributed by atoms with Crippen LogP contribution in [0.1, 0.15) is 36.9 Å². The average Bonchev–Trinajstić information content (AvgIpc) is 3.46. The Kier molecular flexibility index (Phi) is 5.51. The number of nitrogens with one attached hydrogen (secondary N) is 3. The zero-order valence-corrected chi connectivity index (χ0v) is 14.6. The summed E-state index contributed by atoms with van der Waals surface area (Å²) in [6.45, 7) is 2.18. The Hall–Kier alpha value is -2.89. The molecule has 2 aromatic rings. The number of rotatable bonds is 6. The van der Waals surface area contributed by atoms with Crippen molar-refractivity contribution in [1.29, 1.82) is 0 Å². The standard InChI is InChI=1S/C20H22FN3O2/c1-13(15-7-9-17(21)10-8-15)23-20(26)22-12-14-3-2-4-18(11-14)24-19(25)16-5-6-16/h2-4,7-11,13,16H,5-6,12H2,1H3,(H,24,25)(H2,22,23,26)/t13-/m0/s1. The van der Waals surface area contributed by atoms with Gasteiger partial charge in [0.15, 0.2) is 0 Å². The van der Waals surface area contributed by atoms with Gasteiger partial charge in [0.2, 0.25) is 5.91 Å². The summed E-state index contributed by atoms with van der Waals surface area (Å²) >= 11 is 0. The van der Waals surface area contributed by atoms with E-state index in [4.69, 9.17) is 0 Å². The van der Waals surface area contributed by atoms with Gasteiger partial charge in [-0.3, -0.25) is 4.79 Å². The summed E-state index contributed by atoms with van der Waals surface area (Å²) in [7, 11) is 0. The molecule has 0 saturated heterocycles. The fraction of sp³-hybridized carbons (Fsp3) is 0.300. The van der Waals surface area contributed by atoms with Crippen LogP contribution in [0.2, 0.25) is 0 Å². The van der Waals surface area contributed by atoms with Gasteiger partial charge in [-0.15, -0.1) is 0 Å². The van der Waals surface area contributed by atoms with Gasteiger partial charge in [-0.2, -0.15) is 0 Å². The SMILES string of the molecule is C[C@H](NC(=O)NCc1cccc(NC(=O)C2CC2)c1)c1ccc(F)cc1. The minimum absolute atomic E-state index is 0.0565. The highest BCUT2D eigenvalue weighted by molar-refractivity contribution is 5.94. The maximum absolute atomic E-state index is 13.0. The van der Waals surface area contributed by atoms with E-state index < -0.39 is 0 Å². The predicted molar refractivity (Wildman–Crippen MR) is 98.0 cm³/mol. The highest BCUT2D eigenvalue weighted by atomic mass is 19.1. The molecule has 1 atom stereocenters. The van der Waals surface area contributed by atoms with Crippen LogP contribution in [-0.4, -0.2) is 11.9 Å². The largest absolute Gasteiger partial charge is 0.334 e.